The number of thiophene rings is 1. The highest BCUT2D eigenvalue weighted by atomic mass is 32.1. The summed E-state index contributed by atoms with van der Waals surface area (Å²) >= 11 is 1.42. The van der Waals surface area contributed by atoms with Gasteiger partial charge in [-0.05, 0) is 49.3 Å². The summed E-state index contributed by atoms with van der Waals surface area (Å²) in [5.74, 6) is -0.900. The molecular weight excluding hydrogens is 402 g/mol. The molecule has 30 heavy (non-hydrogen) atoms. The molecule has 1 aliphatic carbocycles. The van der Waals surface area contributed by atoms with Crippen LogP contribution in [0.3, 0.4) is 0 Å². The highest BCUT2D eigenvalue weighted by Crippen LogP contribution is 2.39. The number of rotatable bonds is 6. The van der Waals surface area contributed by atoms with Gasteiger partial charge in [0.1, 0.15) is 5.00 Å². The number of amides is 4. The number of hydrogen-bond acceptors (Lipinski definition) is 5. The Bertz CT molecular complexity index is 1020. The van der Waals surface area contributed by atoms with Crippen molar-refractivity contribution in [1.82, 2.24) is 4.90 Å². The van der Waals surface area contributed by atoms with Crippen LogP contribution in [-0.2, 0) is 17.6 Å². The summed E-state index contributed by atoms with van der Waals surface area (Å²) < 4.78 is 0. The molecule has 1 aromatic heterocycles. The van der Waals surface area contributed by atoms with Crippen molar-refractivity contribution in [3.63, 3.8) is 0 Å². The lowest BCUT2D eigenvalue weighted by molar-refractivity contribution is -0.116. The van der Waals surface area contributed by atoms with E-state index in [1.807, 2.05) is 0 Å². The van der Waals surface area contributed by atoms with Crippen molar-refractivity contribution in [3.8, 4) is 0 Å². The lowest BCUT2D eigenvalue weighted by atomic mass is 9.88. The van der Waals surface area contributed by atoms with Crippen LogP contribution < -0.4 is 11.1 Å². The first kappa shape index (κ1) is 20.3. The molecule has 3 N–H and O–H groups in total. The first-order valence-corrected chi connectivity index (χ1v) is 10.9. The third-order valence-corrected chi connectivity index (χ3v) is 6.84. The van der Waals surface area contributed by atoms with Gasteiger partial charge in [-0.1, -0.05) is 19.1 Å². The maximum absolute atomic E-state index is 12.5. The molecule has 7 nitrogen and oxygen atoms in total. The van der Waals surface area contributed by atoms with Gasteiger partial charge in [0.05, 0.1) is 16.7 Å². The number of carbonyl (C=O) groups excluding carboxylic acids is 4. The fourth-order valence-corrected chi connectivity index (χ4v) is 5.56. The zero-order chi connectivity index (χ0) is 21.4. The minimum absolute atomic E-state index is 0.130. The van der Waals surface area contributed by atoms with Crippen molar-refractivity contribution in [2.24, 2.45) is 11.7 Å². The minimum Gasteiger partial charge on any atom is -0.365 e. The Morgan fingerprint density at radius 2 is 1.87 bits per heavy atom. The second-order valence-corrected chi connectivity index (χ2v) is 8.98. The van der Waals surface area contributed by atoms with E-state index in [2.05, 4.69) is 12.2 Å². The molecule has 1 unspecified atom stereocenters. The molecule has 0 saturated heterocycles. The first-order chi connectivity index (χ1) is 14.4. The predicted molar refractivity (Wildman–Crippen MR) is 114 cm³/mol. The van der Waals surface area contributed by atoms with Crippen molar-refractivity contribution in [1.29, 1.82) is 0 Å². The molecule has 2 heterocycles. The number of anilines is 1. The summed E-state index contributed by atoms with van der Waals surface area (Å²) in [7, 11) is 0. The van der Waals surface area contributed by atoms with E-state index in [-0.39, 0.29) is 30.7 Å². The fraction of sp³-hybridized carbons (Fsp3) is 0.364. The summed E-state index contributed by atoms with van der Waals surface area (Å²) in [6.07, 6.45) is 3.14. The van der Waals surface area contributed by atoms with E-state index in [9.17, 15) is 19.2 Å². The summed E-state index contributed by atoms with van der Waals surface area (Å²) in [6.45, 7) is 2.34. The Morgan fingerprint density at radius 3 is 2.50 bits per heavy atom. The van der Waals surface area contributed by atoms with E-state index in [1.165, 1.54) is 16.2 Å². The maximum Gasteiger partial charge on any atom is 0.261 e. The van der Waals surface area contributed by atoms with Gasteiger partial charge in [0.25, 0.3) is 17.7 Å². The predicted octanol–water partition coefficient (Wildman–Crippen LogP) is 2.99. The van der Waals surface area contributed by atoms with Crippen molar-refractivity contribution < 1.29 is 19.2 Å². The highest BCUT2D eigenvalue weighted by Gasteiger charge is 2.34. The molecule has 2 aliphatic rings. The lowest BCUT2D eigenvalue weighted by Crippen LogP contribution is -2.31. The van der Waals surface area contributed by atoms with Crippen LogP contribution in [0.5, 0.6) is 0 Å². The second-order valence-electron chi connectivity index (χ2n) is 7.88. The van der Waals surface area contributed by atoms with Crippen molar-refractivity contribution in [3.05, 3.63) is 51.4 Å². The number of carbonyl (C=O) groups is 4. The third-order valence-electron chi connectivity index (χ3n) is 5.67. The normalized spacial score (nSPS) is 17.6. The first-order valence-electron chi connectivity index (χ1n) is 10.1. The van der Waals surface area contributed by atoms with E-state index in [4.69, 9.17) is 5.73 Å². The molecule has 0 bridgehead atoms. The van der Waals surface area contributed by atoms with Crippen LogP contribution >= 0.6 is 11.3 Å². The number of imide groups is 1. The van der Waals surface area contributed by atoms with Gasteiger partial charge in [-0.3, -0.25) is 24.1 Å². The average Bonchev–Trinajstić information content (AvgIpc) is 3.17. The topological polar surface area (TPSA) is 110 Å². The molecule has 4 rings (SSSR count). The van der Waals surface area contributed by atoms with Gasteiger partial charge in [-0.15, -0.1) is 11.3 Å². The Morgan fingerprint density at radius 1 is 1.20 bits per heavy atom. The molecule has 1 aromatic carbocycles. The van der Waals surface area contributed by atoms with E-state index in [0.29, 0.717) is 34.0 Å². The largest absolute Gasteiger partial charge is 0.365 e. The monoisotopic (exact) mass is 425 g/mol. The number of fused-ring (bicyclic) bond motifs is 2. The van der Waals surface area contributed by atoms with Crippen LogP contribution in [0.25, 0.3) is 0 Å². The van der Waals surface area contributed by atoms with E-state index >= 15 is 0 Å². The van der Waals surface area contributed by atoms with Crippen LogP contribution in [0.15, 0.2) is 24.3 Å². The molecule has 0 spiro atoms. The van der Waals surface area contributed by atoms with E-state index in [0.717, 1.165) is 29.7 Å². The zero-order valence-corrected chi connectivity index (χ0v) is 17.5. The average molecular weight is 426 g/mol. The van der Waals surface area contributed by atoms with Crippen LogP contribution in [-0.4, -0.2) is 35.1 Å². The van der Waals surface area contributed by atoms with E-state index in [1.54, 1.807) is 24.3 Å². The lowest BCUT2D eigenvalue weighted by Gasteiger charge is -2.18. The van der Waals surface area contributed by atoms with Crippen LogP contribution in [0.4, 0.5) is 5.00 Å². The Balaban J connectivity index is 1.38. The number of nitrogens with zero attached hydrogens (tertiary/aromatic N) is 1. The summed E-state index contributed by atoms with van der Waals surface area (Å²) in [5.41, 5.74) is 7.77. The minimum atomic E-state index is -0.525. The maximum atomic E-state index is 12.5. The van der Waals surface area contributed by atoms with Gasteiger partial charge >= 0.3 is 0 Å². The van der Waals surface area contributed by atoms with Crippen LogP contribution in [0.1, 0.15) is 67.7 Å². The number of nitrogens with one attached hydrogen (secondary N) is 1. The zero-order valence-electron chi connectivity index (χ0n) is 16.7. The summed E-state index contributed by atoms with van der Waals surface area (Å²) in [5, 5.41) is 3.33. The summed E-state index contributed by atoms with van der Waals surface area (Å²) in [4.78, 5) is 51.5. The second kappa shape index (κ2) is 8.02. The molecule has 2 aromatic rings. The van der Waals surface area contributed by atoms with Crippen molar-refractivity contribution in [2.45, 2.75) is 39.0 Å². The smallest absolute Gasteiger partial charge is 0.261 e. The number of benzene rings is 1. The molecular formula is C22H23N3O4S. The Hall–Kier alpha value is -3.00. The molecule has 0 fully saturated rings. The SMILES string of the molecule is CC1CCc2c(sc(NC(=O)CCCN3C(=O)c4ccccc4C3=O)c2C(N)=O)C1. The van der Waals surface area contributed by atoms with Gasteiger partial charge in [-0.2, -0.15) is 0 Å². The fourth-order valence-electron chi connectivity index (χ4n) is 4.13. The number of nitrogens with two attached hydrogens (primary N) is 1. The highest BCUT2D eigenvalue weighted by molar-refractivity contribution is 7.17. The molecule has 0 radical (unpaired) electrons. The van der Waals surface area contributed by atoms with Crippen molar-refractivity contribution >= 4 is 40.0 Å². The number of hydrogen-bond donors (Lipinski definition) is 2. The van der Waals surface area contributed by atoms with Crippen LogP contribution in [0.2, 0.25) is 0 Å². The molecule has 0 saturated carbocycles. The number of primary amides is 1. The van der Waals surface area contributed by atoms with E-state index < -0.39 is 5.91 Å². The summed E-state index contributed by atoms with van der Waals surface area (Å²) in [6, 6.07) is 6.71. The Kier molecular flexibility index (Phi) is 5.42. The van der Waals surface area contributed by atoms with Crippen molar-refractivity contribution in [2.75, 3.05) is 11.9 Å². The third kappa shape index (κ3) is 3.63. The molecule has 8 heteroatoms. The van der Waals surface area contributed by atoms with Gasteiger partial charge in [0, 0.05) is 17.8 Å². The Labute approximate surface area is 178 Å². The molecule has 1 aliphatic heterocycles. The standard InChI is InChI=1S/C22H23N3O4S/c1-12-8-9-15-16(11-12)30-20(18(15)19(23)27)24-17(26)7-4-10-25-21(28)13-5-2-3-6-14(13)22(25)29/h2-3,5-6,12H,4,7-11H2,1H3,(H2,23,27)(H,24,26). The quantitative estimate of drug-likeness (QED) is 0.693. The van der Waals surface area contributed by atoms with Crippen LogP contribution in [0, 0.1) is 5.92 Å². The molecule has 4 amide bonds. The molecule has 156 valence electrons. The van der Waals surface area contributed by atoms with Gasteiger partial charge in [0.2, 0.25) is 5.91 Å². The van der Waals surface area contributed by atoms with Gasteiger partial charge in [-0.25, -0.2) is 0 Å². The molecule has 1 atom stereocenters. The van der Waals surface area contributed by atoms with Gasteiger partial charge < -0.3 is 11.1 Å². The van der Waals surface area contributed by atoms with Gasteiger partial charge in [0.15, 0.2) is 0 Å².